The number of aryl methyl sites for hydroxylation is 1. The number of anilines is 1. The van der Waals surface area contributed by atoms with E-state index in [-0.39, 0.29) is 21.7 Å². The Morgan fingerprint density at radius 1 is 1.17 bits per heavy atom. The molecule has 0 bridgehead atoms. The van der Waals surface area contributed by atoms with Gasteiger partial charge in [-0.3, -0.25) is 9.36 Å². The summed E-state index contributed by atoms with van der Waals surface area (Å²) in [6.07, 6.45) is 0. The molecule has 0 unspecified atom stereocenters. The number of methoxy groups -OCH3 is 1. The summed E-state index contributed by atoms with van der Waals surface area (Å²) >= 11 is 19.4. The number of carbonyl (C=O) groups is 1. The highest BCUT2D eigenvalue weighted by molar-refractivity contribution is 7.99. The molecule has 6 nitrogen and oxygen atoms in total. The Balaban J connectivity index is 1.75. The number of carbonyl (C=O) groups excluding carboxylic acids is 1. The van der Waals surface area contributed by atoms with Crippen molar-refractivity contribution in [1.29, 1.82) is 0 Å². The molecule has 1 N–H and O–H groups in total. The van der Waals surface area contributed by atoms with Crippen LogP contribution in [0.5, 0.6) is 0 Å². The molecule has 10 heteroatoms. The second-order valence-electron chi connectivity index (χ2n) is 6.40. The molecule has 30 heavy (non-hydrogen) atoms. The van der Waals surface area contributed by atoms with Crippen molar-refractivity contribution in [1.82, 2.24) is 14.8 Å². The molecular weight excluding hydrogens is 467 g/mol. The number of ether oxygens (including phenoxy) is 1. The summed E-state index contributed by atoms with van der Waals surface area (Å²) in [6.45, 7) is 3.07. The molecule has 1 heterocycles. The van der Waals surface area contributed by atoms with Crippen molar-refractivity contribution in [3.63, 3.8) is 0 Å². The molecule has 2 aromatic carbocycles. The van der Waals surface area contributed by atoms with Gasteiger partial charge in [-0.15, -0.1) is 10.2 Å². The number of aromatic nitrogens is 3. The smallest absolute Gasteiger partial charge is 0.234 e. The van der Waals surface area contributed by atoms with Gasteiger partial charge >= 0.3 is 0 Å². The number of halogens is 3. The van der Waals surface area contributed by atoms with Crippen molar-refractivity contribution in [2.75, 3.05) is 24.8 Å². The first-order valence-corrected chi connectivity index (χ1v) is 11.1. The fourth-order valence-corrected chi connectivity index (χ4v) is 4.42. The lowest BCUT2D eigenvalue weighted by molar-refractivity contribution is -0.113. The Morgan fingerprint density at radius 3 is 2.57 bits per heavy atom. The van der Waals surface area contributed by atoms with Gasteiger partial charge in [-0.25, -0.2) is 0 Å². The summed E-state index contributed by atoms with van der Waals surface area (Å²) in [5.41, 5.74) is 2.41. The molecule has 1 amide bonds. The summed E-state index contributed by atoms with van der Waals surface area (Å²) in [5, 5.41) is 12.9. The second kappa shape index (κ2) is 10.5. The number of nitrogens with one attached hydrogen (secondary N) is 1. The van der Waals surface area contributed by atoms with Crippen LogP contribution in [0.4, 0.5) is 5.69 Å². The van der Waals surface area contributed by atoms with Crippen molar-refractivity contribution in [3.8, 4) is 11.4 Å². The van der Waals surface area contributed by atoms with E-state index in [0.717, 1.165) is 17.0 Å². The minimum atomic E-state index is -0.274. The van der Waals surface area contributed by atoms with Crippen LogP contribution in [-0.4, -0.2) is 40.1 Å². The molecule has 0 saturated carbocycles. The van der Waals surface area contributed by atoms with Gasteiger partial charge in [0, 0.05) is 17.7 Å². The Bertz CT molecular complexity index is 1040. The van der Waals surface area contributed by atoms with E-state index in [1.807, 2.05) is 35.8 Å². The van der Waals surface area contributed by atoms with Gasteiger partial charge in [-0.05, 0) is 25.1 Å². The maximum absolute atomic E-state index is 12.5. The normalized spacial score (nSPS) is 11.0. The number of rotatable bonds is 8. The number of hydrogen-bond acceptors (Lipinski definition) is 5. The van der Waals surface area contributed by atoms with E-state index < -0.39 is 0 Å². The average Bonchev–Trinajstić information content (AvgIpc) is 3.10. The van der Waals surface area contributed by atoms with E-state index in [2.05, 4.69) is 15.5 Å². The molecule has 0 spiro atoms. The van der Waals surface area contributed by atoms with Crippen LogP contribution < -0.4 is 5.32 Å². The third-order valence-corrected chi connectivity index (χ3v) is 5.90. The monoisotopic (exact) mass is 484 g/mol. The Labute approximate surface area is 193 Å². The van der Waals surface area contributed by atoms with Gasteiger partial charge in [-0.1, -0.05) is 70.3 Å². The predicted octanol–water partition coefficient (Wildman–Crippen LogP) is 5.59. The summed E-state index contributed by atoms with van der Waals surface area (Å²) in [5.74, 6) is 0.556. The number of thioether (sulfide) groups is 1. The van der Waals surface area contributed by atoms with Crippen LogP contribution in [-0.2, 0) is 16.1 Å². The number of amides is 1. The van der Waals surface area contributed by atoms with Crippen LogP contribution in [0.2, 0.25) is 15.1 Å². The Hall–Kier alpha value is -1.77. The zero-order valence-electron chi connectivity index (χ0n) is 16.3. The van der Waals surface area contributed by atoms with Gasteiger partial charge in [0.1, 0.15) is 0 Å². The van der Waals surface area contributed by atoms with E-state index in [9.17, 15) is 4.79 Å². The van der Waals surface area contributed by atoms with Crippen molar-refractivity contribution >= 4 is 58.2 Å². The lowest BCUT2D eigenvalue weighted by Crippen LogP contribution is -2.15. The van der Waals surface area contributed by atoms with Crippen molar-refractivity contribution < 1.29 is 9.53 Å². The highest BCUT2D eigenvalue weighted by Gasteiger charge is 2.17. The van der Waals surface area contributed by atoms with Gasteiger partial charge in [0.05, 0.1) is 34.6 Å². The van der Waals surface area contributed by atoms with Crippen LogP contribution in [0, 0.1) is 6.92 Å². The summed E-state index contributed by atoms with van der Waals surface area (Å²) in [4.78, 5) is 12.5. The minimum absolute atomic E-state index is 0.105. The lowest BCUT2D eigenvalue weighted by Gasteiger charge is -2.11. The molecule has 3 rings (SSSR count). The fraction of sp³-hybridized carbons (Fsp3) is 0.250. The van der Waals surface area contributed by atoms with Crippen LogP contribution in [0.3, 0.4) is 0 Å². The molecular formula is C20H19Cl3N4O2S. The molecule has 0 atom stereocenters. The number of nitrogens with zero attached hydrogens (tertiary/aromatic N) is 3. The highest BCUT2D eigenvalue weighted by atomic mass is 35.5. The van der Waals surface area contributed by atoms with Crippen molar-refractivity contribution in [3.05, 3.63) is 57.0 Å². The predicted molar refractivity (Wildman–Crippen MR) is 123 cm³/mol. The molecule has 0 fully saturated rings. The standard InChI is InChI=1S/C20H19Cl3N4O2S/c1-12-4-3-5-13(8-12)19-25-26-20(27(19)6-7-29-2)30-11-17(28)24-18-15(22)9-14(21)10-16(18)23/h3-5,8-10H,6-7,11H2,1-2H3,(H,24,28). The first kappa shape index (κ1) is 22.9. The van der Waals surface area contributed by atoms with Crippen LogP contribution >= 0.6 is 46.6 Å². The zero-order valence-corrected chi connectivity index (χ0v) is 19.4. The van der Waals surface area contributed by atoms with E-state index in [0.29, 0.717) is 29.0 Å². The Morgan fingerprint density at radius 2 is 1.90 bits per heavy atom. The fourth-order valence-electron chi connectivity index (χ4n) is 2.74. The van der Waals surface area contributed by atoms with E-state index in [1.54, 1.807) is 7.11 Å². The van der Waals surface area contributed by atoms with Gasteiger partial charge in [0.25, 0.3) is 0 Å². The van der Waals surface area contributed by atoms with Gasteiger partial charge in [0.15, 0.2) is 11.0 Å². The summed E-state index contributed by atoms with van der Waals surface area (Å²) in [6, 6.07) is 11.1. The van der Waals surface area contributed by atoms with Crippen molar-refractivity contribution in [2.24, 2.45) is 0 Å². The second-order valence-corrected chi connectivity index (χ2v) is 8.59. The minimum Gasteiger partial charge on any atom is -0.383 e. The summed E-state index contributed by atoms with van der Waals surface area (Å²) in [7, 11) is 1.64. The SMILES string of the molecule is COCCn1c(SCC(=O)Nc2c(Cl)cc(Cl)cc2Cl)nnc1-c1cccc(C)c1. The number of benzene rings is 2. The third kappa shape index (κ3) is 5.68. The molecule has 0 aliphatic rings. The largest absolute Gasteiger partial charge is 0.383 e. The van der Waals surface area contributed by atoms with Gasteiger partial charge < -0.3 is 10.1 Å². The number of hydrogen-bond donors (Lipinski definition) is 1. The molecule has 0 radical (unpaired) electrons. The average molecular weight is 486 g/mol. The van der Waals surface area contributed by atoms with Crippen LogP contribution in [0.15, 0.2) is 41.6 Å². The maximum Gasteiger partial charge on any atom is 0.234 e. The topological polar surface area (TPSA) is 69.0 Å². The van der Waals surface area contributed by atoms with Gasteiger partial charge in [0.2, 0.25) is 5.91 Å². The highest BCUT2D eigenvalue weighted by Crippen LogP contribution is 2.34. The van der Waals surface area contributed by atoms with E-state index in [4.69, 9.17) is 39.5 Å². The Kier molecular flexibility index (Phi) is 8.02. The van der Waals surface area contributed by atoms with Crippen molar-refractivity contribution in [2.45, 2.75) is 18.6 Å². The lowest BCUT2D eigenvalue weighted by atomic mass is 10.1. The first-order chi connectivity index (χ1) is 14.4. The van der Waals surface area contributed by atoms with Crippen LogP contribution in [0.25, 0.3) is 11.4 Å². The van der Waals surface area contributed by atoms with Gasteiger partial charge in [-0.2, -0.15) is 0 Å². The molecule has 0 aliphatic carbocycles. The quantitative estimate of drug-likeness (QED) is 0.421. The zero-order chi connectivity index (χ0) is 21.7. The first-order valence-electron chi connectivity index (χ1n) is 8.95. The van der Waals surface area contributed by atoms with E-state index in [1.165, 1.54) is 23.9 Å². The van der Waals surface area contributed by atoms with E-state index >= 15 is 0 Å². The molecule has 0 aliphatic heterocycles. The van der Waals surface area contributed by atoms with Crippen LogP contribution in [0.1, 0.15) is 5.56 Å². The molecule has 3 aromatic rings. The summed E-state index contributed by atoms with van der Waals surface area (Å²) < 4.78 is 7.16. The molecule has 0 saturated heterocycles. The third-order valence-electron chi connectivity index (χ3n) is 4.12. The molecule has 1 aromatic heterocycles. The maximum atomic E-state index is 12.5. The molecule has 158 valence electrons.